The molecule has 0 saturated carbocycles. The number of hydrogen-bond donors (Lipinski definition) is 0. The number of halogens is 1. The van der Waals surface area contributed by atoms with Gasteiger partial charge in [-0.05, 0) is 30.7 Å². The number of fused-ring (bicyclic) bond motifs is 1. The molecule has 0 N–H and O–H groups in total. The molecule has 0 aliphatic carbocycles. The van der Waals surface area contributed by atoms with E-state index in [0.29, 0.717) is 16.1 Å². The Kier molecular flexibility index (Phi) is 3.86. The highest BCUT2D eigenvalue weighted by Gasteiger charge is 2.15. The van der Waals surface area contributed by atoms with Gasteiger partial charge in [0.15, 0.2) is 5.65 Å². The van der Waals surface area contributed by atoms with Gasteiger partial charge in [0.05, 0.1) is 17.9 Å². The summed E-state index contributed by atoms with van der Waals surface area (Å²) in [6.45, 7) is 1.98. The highest BCUT2D eigenvalue weighted by molar-refractivity contribution is 6.30. The first-order valence-electron chi connectivity index (χ1n) is 7.91. The standard InChI is InChI=1S/C19H15ClN4O/c1-13(14-6-3-2-4-7-14)23-12-21-18-17(19(23)25)11-22-24(18)16-9-5-8-15(20)10-16/h2-13H,1H3/t13-/m1/s1. The molecule has 0 fully saturated rings. The van der Waals surface area contributed by atoms with E-state index < -0.39 is 0 Å². The van der Waals surface area contributed by atoms with Gasteiger partial charge in [0.25, 0.3) is 5.56 Å². The topological polar surface area (TPSA) is 52.7 Å². The summed E-state index contributed by atoms with van der Waals surface area (Å²) in [7, 11) is 0. The molecule has 0 saturated heterocycles. The lowest BCUT2D eigenvalue weighted by Gasteiger charge is -2.15. The Hall–Kier alpha value is -2.92. The van der Waals surface area contributed by atoms with Crippen molar-refractivity contribution in [1.29, 1.82) is 0 Å². The molecule has 5 nitrogen and oxygen atoms in total. The summed E-state index contributed by atoms with van der Waals surface area (Å²) in [5.41, 5.74) is 2.22. The van der Waals surface area contributed by atoms with Gasteiger partial charge in [0.1, 0.15) is 11.7 Å². The van der Waals surface area contributed by atoms with Gasteiger partial charge < -0.3 is 0 Å². The molecule has 2 aromatic carbocycles. The van der Waals surface area contributed by atoms with Gasteiger partial charge in [0.2, 0.25) is 0 Å². The van der Waals surface area contributed by atoms with Gasteiger partial charge in [-0.2, -0.15) is 5.10 Å². The number of aromatic nitrogens is 4. The van der Waals surface area contributed by atoms with Crippen molar-refractivity contribution < 1.29 is 0 Å². The summed E-state index contributed by atoms with van der Waals surface area (Å²) in [4.78, 5) is 17.4. The normalized spacial score (nSPS) is 12.4. The average molecular weight is 351 g/mol. The van der Waals surface area contributed by atoms with E-state index in [0.717, 1.165) is 11.3 Å². The van der Waals surface area contributed by atoms with Gasteiger partial charge >= 0.3 is 0 Å². The van der Waals surface area contributed by atoms with Crippen molar-refractivity contribution in [3.05, 3.63) is 88.1 Å². The fourth-order valence-corrected chi connectivity index (χ4v) is 3.07. The molecule has 2 heterocycles. The fourth-order valence-electron chi connectivity index (χ4n) is 2.89. The lowest BCUT2D eigenvalue weighted by molar-refractivity contribution is 0.608. The number of hydrogen-bond acceptors (Lipinski definition) is 3. The second kappa shape index (κ2) is 6.18. The maximum Gasteiger partial charge on any atom is 0.265 e. The number of nitrogens with zero attached hydrogens (tertiary/aromatic N) is 4. The molecule has 4 aromatic rings. The Morgan fingerprint density at radius 1 is 1.08 bits per heavy atom. The lowest BCUT2D eigenvalue weighted by Crippen LogP contribution is -2.24. The summed E-state index contributed by atoms with van der Waals surface area (Å²) >= 11 is 6.05. The summed E-state index contributed by atoms with van der Waals surface area (Å²) in [6.07, 6.45) is 3.13. The molecule has 0 bridgehead atoms. The molecular weight excluding hydrogens is 336 g/mol. The highest BCUT2D eigenvalue weighted by atomic mass is 35.5. The monoisotopic (exact) mass is 350 g/mol. The Balaban J connectivity index is 1.84. The van der Waals surface area contributed by atoms with Gasteiger partial charge in [-0.25, -0.2) is 9.67 Å². The van der Waals surface area contributed by atoms with E-state index in [1.54, 1.807) is 33.9 Å². The van der Waals surface area contributed by atoms with Crippen LogP contribution < -0.4 is 5.56 Å². The Labute approximate surface area is 149 Å². The summed E-state index contributed by atoms with van der Waals surface area (Å²) < 4.78 is 3.25. The molecule has 0 aliphatic heterocycles. The third-order valence-electron chi connectivity index (χ3n) is 4.27. The molecular formula is C19H15ClN4O. The largest absolute Gasteiger partial charge is 0.291 e. The van der Waals surface area contributed by atoms with E-state index in [-0.39, 0.29) is 11.6 Å². The first kappa shape index (κ1) is 15.6. The Morgan fingerprint density at radius 3 is 2.64 bits per heavy atom. The minimum absolute atomic E-state index is 0.111. The predicted molar refractivity (Wildman–Crippen MR) is 98.4 cm³/mol. The zero-order valence-corrected chi connectivity index (χ0v) is 14.3. The van der Waals surface area contributed by atoms with E-state index in [1.807, 2.05) is 49.4 Å². The second-order valence-corrected chi connectivity index (χ2v) is 6.25. The van der Waals surface area contributed by atoms with Crippen LogP contribution >= 0.6 is 11.6 Å². The summed E-state index contributed by atoms with van der Waals surface area (Å²) in [5, 5.41) is 5.40. The van der Waals surface area contributed by atoms with Crippen molar-refractivity contribution in [3.63, 3.8) is 0 Å². The quantitative estimate of drug-likeness (QED) is 0.564. The Bertz CT molecular complexity index is 1100. The number of benzene rings is 2. The van der Waals surface area contributed by atoms with Crippen molar-refractivity contribution in [2.24, 2.45) is 0 Å². The molecule has 25 heavy (non-hydrogen) atoms. The molecule has 2 aromatic heterocycles. The van der Waals surface area contributed by atoms with Crippen LogP contribution in [0.2, 0.25) is 5.02 Å². The molecule has 124 valence electrons. The minimum Gasteiger partial charge on any atom is -0.291 e. The first-order chi connectivity index (χ1) is 12.1. The van der Waals surface area contributed by atoms with Crippen molar-refractivity contribution in [3.8, 4) is 5.69 Å². The second-order valence-electron chi connectivity index (χ2n) is 5.82. The summed E-state index contributed by atoms with van der Waals surface area (Å²) in [5.74, 6) is 0. The summed E-state index contributed by atoms with van der Waals surface area (Å²) in [6, 6.07) is 17.0. The predicted octanol–water partition coefficient (Wildman–Crippen LogP) is 3.84. The zero-order valence-electron chi connectivity index (χ0n) is 13.5. The van der Waals surface area contributed by atoms with Crippen LogP contribution in [0.3, 0.4) is 0 Å². The smallest absolute Gasteiger partial charge is 0.265 e. The molecule has 4 rings (SSSR count). The van der Waals surface area contributed by atoms with Crippen molar-refractivity contribution in [2.45, 2.75) is 13.0 Å². The van der Waals surface area contributed by atoms with E-state index in [9.17, 15) is 4.79 Å². The molecule has 0 radical (unpaired) electrons. The highest BCUT2D eigenvalue weighted by Crippen LogP contribution is 2.19. The lowest BCUT2D eigenvalue weighted by atomic mass is 10.1. The maximum absolute atomic E-state index is 12.9. The van der Waals surface area contributed by atoms with Gasteiger partial charge in [-0.3, -0.25) is 9.36 Å². The molecule has 1 atom stereocenters. The van der Waals surface area contributed by atoms with Crippen LogP contribution in [0, 0.1) is 0 Å². The van der Waals surface area contributed by atoms with Crippen LogP contribution in [0.4, 0.5) is 0 Å². The first-order valence-corrected chi connectivity index (χ1v) is 8.29. The van der Waals surface area contributed by atoms with Crippen LogP contribution in [0.25, 0.3) is 16.7 Å². The van der Waals surface area contributed by atoms with E-state index in [2.05, 4.69) is 10.1 Å². The van der Waals surface area contributed by atoms with Crippen molar-refractivity contribution >= 4 is 22.6 Å². The van der Waals surface area contributed by atoms with Crippen LogP contribution in [-0.4, -0.2) is 19.3 Å². The Morgan fingerprint density at radius 2 is 1.88 bits per heavy atom. The van der Waals surface area contributed by atoms with Crippen LogP contribution in [0.5, 0.6) is 0 Å². The van der Waals surface area contributed by atoms with Crippen molar-refractivity contribution in [2.75, 3.05) is 0 Å². The van der Waals surface area contributed by atoms with Crippen LogP contribution in [0.15, 0.2) is 71.9 Å². The van der Waals surface area contributed by atoms with Crippen LogP contribution in [0.1, 0.15) is 18.5 Å². The van der Waals surface area contributed by atoms with Crippen molar-refractivity contribution in [1.82, 2.24) is 19.3 Å². The van der Waals surface area contributed by atoms with Gasteiger partial charge in [-0.1, -0.05) is 48.0 Å². The third-order valence-corrected chi connectivity index (χ3v) is 4.50. The van der Waals surface area contributed by atoms with Gasteiger partial charge in [-0.15, -0.1) is 0 Å². The molecule has 6 heteroatoms. The average Bonchev–Trinajstić information content (AvgIpc) is 3.07. The van der Waals surface area contributed by atoms with E-state index in [4.69, 9.17) is 11.6 Å². The minimum atomic E-state index is -0.116. The molecule has 0 spiro atoms. The maximum atomic E-state index is 12.9. The molecule has 0 aliphatic rings. The zero-order chi connectivity index (χ0) is 17.4. The molecule has 0 unspecified atom stereocenters. The third kappa shape index (κ3) is 2.72. The van der Waals surface area contributed by atoms with Crippen LogP contribution in [-0.2, 0) is 0 Å². The fraction of sp³-hybridized carbons (Fsp3) is 0.105. The van der Waals surface area contributed by atoms with Gasteiger partial charge in [0, 0.05) is 5.02 Å². The molecule has 0 amide bonds. The SMILES string of the molecule is C[C@H](c1ccccc1)n1cnc2c(cnn2-c2cccc(Cl)c2)c1=O. The van der Waals surface area contributed by atoms with E-state index in [1.165, 1.54) is 0 Å². The van der Waals surface area contributed by atoms with E-state index >= 15 is 0 Å². The number of rotatable bonds is 3.